The van der Waals surface area contributed by atoms with Gasteiger partial charge in [-0.15, -0.1) is 0 Å². The van der Waals surface area contributed by atoms with Gasteiger partial charge in [-0.05, 0) is 55.3 Å². The van der Waals surface area contributed by atoms with E-state index in [-0.39, 0.29) is 24.3 Å². The topological polar surface area (TPSA) is 67.4 Å². The summed E-state index contributed by atoms with van der Waals surface area (Å²) in [6.45, 7) is -0.111. The number of ether oxygens (including phenoxy) is 1. The highest BCUT2D eigenvalue weighted by Gasteiger charge is 2.21. The molecule has 2 amide bonds. The SMILES string of the molecule is O=C(COc1ccc(Cl)cc1)Nc1cccc(NC(=O)C2CCCCC2)c1. The van der Waals surface area contributed by atoms with Crippen LogP contribution in [-0.2, 0) is 9.59 Å². The van der Waals surface area contributed by atoms with Crippen molar-refractivity contribution < 1.29 is 14.3 Å². The molecule has 3 rings (SSSR count). The minimum atomic E-state index is -0.277. The maximum Gasteiger partial charge on any atom is 0.262 e. The summed E-state index contributed by atoms with van der Waals surface area (Å²) in [6, 6.07) is 14.0. The number of carbonyl (C=O) groups excluding carboxylic acids is 2. The van der Waals surface area contributed by atoms with Crippen molar-refractivity contribution in [3.05, 3.63) is 53.6 Å². The Kier molecular flexibility index (Phi) is 6.71. The molecule has 2 N–H and O–H groups in total. The Hall–Kier alpha value is -2.53. The number of rotatable bonds is 6. The van der Waals surface area contributed by atoms with E-state index in [1.54, 1.807) is 42.5 Å². The van der Waals surface area contributed by atoms with E-state index in [4.69, 9.17) is 16.3 Å². The average Bonchev–Trinajstić information content (AvgIpc) is 2.68. The molecule has 2 aromatic rings. The highest BCUT2D eigenvalue weighted by Crippen LogP contribution is 2.25. The second-order valence-corrected chi connectivity index (χ2v) is 7.13. The summed E-state index contributed by atoms with van der Waals surface area (Å²) >= 11 is 5.82. The number of hydrogen-bond acceptors (Lipinski definition) is 3. The minimum Gasteiger partial charge on any atom is -0.484 e. The lowest BCUT2D eigenvalue weighted by molar-refractivity contribution is -0.120. The van der Waals surface area contributed by atoms with E-state index in [1.807, 2.05) is 6.07 Å². The standard InChI is InChI=1S/C21H23ClN2O3/c22-16-9-11-19(12-10-16)27-14-20(25)23-17-7-4-8-18(13-17)24-21(26)15-5-2-1-3-6-15/h4,7-13,15H,1-3,5-6,14H2,(H,23,25)(H,24,26). The van der Waals surface area contributed by atoms with Crippen LogP contribution in [0.2, 0.25) is 5.02 Å². The van der Waals surface area contributed by atoms with Gasteiger partial charge in [0.15, 0.2) is 6.61 Å². The van der Waals surface area contributed by atoms with E-state index < -0.39 is 0 Å². The Balaban J connectivity index is 1.51. The van der Waals surface area contributed by atoms with E-state index in [2.05, 4.69) is 10.6 Å². The summed E-state index contributed by atoms with van der Waals surface area (Å²) in [5, 5.41) is 6.34. The van der Waals surface area contributed by atoms with Gasteiger partial charge in [-0.2, -0.15) is 0 Å². The van der Waals surface area contributed by atoms with Gasteiger partial charge < -0.3 is 15.4 Å². The molecule has 0 radical (unpaired) electrons. The summed E-state index contributed by atoms with van der Waals surface area (Å²) in [4.78, 5) is 24.4. The van der Waals surface area contributed by atoms with Crippen LogP contribution >= 0.6 is 11.6 Å². The third-order valence-electron chi connectivity index (χ3n) is 4.57. The first-order chi connectivity index (χ1) is 13.1. The second kappa shape index (κ2) is 9.42. The number of halogens is 1. The molecule has 0 aliphatic heterocycles. The molecule has 0 spiro atoms. The zero-order chi connectivity index (χ0) is 19.1. The number of nitrogens with one attached hydrogen (secondary N) is 2. The van der Waals surface area contributed by atoms with Gasteiger partial charge in [0.25, 0.3) is 5.91 Å². The fourth-order valence-corrected chi connectivity index (χ4v) is 3.29. The first kappa shape index (κ1) is 19.2. The molecule has 2 aromatic carbocycles. The van der Waals surface area contributed by atoms with E-state index in [1.165, 1.54) is 6.42 Å². The van der Waals surface area contributed by atoms with Gasteiger partial charge in [-0.1, -0.05) is 36.9 Å². The van der Waals surface area contributed by atoms with Crippen molar-refractivity contribution in [1.29, 1.82) is 0 Å². The highest BCUT2D eigenvalue weighted by molar-refractivity contribution is 6.30. The molecule has 1 aliphatic carbocycles. The monoisotopic (exact) mass is 386 g/mol. The van der Waals surface area contributed by atoms with Gasteiger partial charge >= 0.3 is 0 Å². The van der Waals surface area contributed by atoms with E-state index in [9.17, 15) is 9.59 Å². The third kappa shape index (κ3) is 6.00. The number of anilines is 2. The Morgan fingerprint density at radius 1 is 0.963 bits per heavy atom. The summed E-state index contributed by atoms with van der Waals surface area (Å²) < 4.78 is 5.43. The molecule has 1 saturated carbocycles. The van der Waals surface area contributed by atoms with Gasteiger partial charge in [0.2, 0.25) is 5.91 Å². The first-order valence-electron chi connectivity index (χ1n) is 9.19. The van der Waals surface area contributed by atoms with Crippen molar-refractivity contribution >= 4 is 34.8 Å². The van der Waals surface area contributed by atoms with E-state index >= 15 is 0 Å². The van der Waals surface area contributed by atoms with E-state index in [0.717, 1.165) is 25.7 Å². The molecule has 0 saturated heterocycles. The van der Waals surface area contributed by atoms with Crippen molar-refractivity contribution in [2.24, 2.45) is 5.92 Å². The lowest BCUT2D eigenvalue weighted by Crippen LogP contribution is -2.25. The summed E-state index contributed by atoms with van der Waals surface area (Å²) in [6.07, 6.45) is 5.33. The van der Waals surface area contributed by atoms with Crippen molar-refractivity contribution in [2.75, 3.05) is 17.2 Å². The lowest BCUT2D eigenvalue weighted by Gasteiger charge is -2.20. The smallest absolute Gasteiger partial charge is 0.262 e. The summed E-state index contributed by atoms with van der Waals surface area (Å²) in [7, 11) is 0. The Morgan fingerprint density at radius 3 is 2.33 bits per heavy atom. The molecule has 142 valence electrons. The first-order valence-corrected chi connectivity index (χ1v) is 9.57. The van der Waals surface area contributed by atoms with Crippen molar-refractivity contribution in [3.63, 3.8) is 0 Å². The molecule has 1 aliphatic rings. The minimum absolute atomic E-state index is 0.0595. The fraction of sp³-hybridized carbons (Fsp3) is 0.333. The third-order valence-corrected chi connectivity index (χ3v) is 4.83. The van der Waals surface area contributed by atoms with Crippen LogP contribution in [0.3, 0.4) is 0 Å². The molecule has 0 aromatic heterocycles. The van der Waals surface area contributed by atoms with E-state index in [0.29, 0.717) is 22.1 Å². The van der Waals surface area contributed by atoms with Crippen LogP contribution in [0.5, 0.6) is 5.75 Å². The van der Waals surface area contributed by atoms with Gasteiger partial charge in [0.05, 0.1) is 0 Å². The van der Waals surface area contributed by atoms with Crippen LogP contribution < -0.4 is 15.4 Å². The van der Waals surface area contributed by atoms with Gasteiger partial charge in [0, 0.05) is 22.3 Å². The average molecular weight is 387 g/mol. The maximum absolute atomic E-state index is 12.4. The number of benzene rings is 2. The predicted octanol–water partition coefficient (Wildman–Crippen LogP) is 4.88. The van der Waals surface area contributed by atoms with Crippen molar-refractivity contribution in [3.8, 4) is 5.75 Å². The largest absolute Gasteiger partial charge is 0.484 e. The zero-order valence-corrected chi connectivity index (χ0v) is 15.8. The molecule has 6 heteroatoms. The molecule has 0 unspecified atom stereocenters. The van der Waals surface area contributed by atoms with Crippen LogP contribution in [0.25, 0.3) is 0 Å². The summed E-state index contributed by atoms with van der Waals surface area (Å²) in [5.74, 6) is 0.442. The summed E-state index contributed by atoms with van der Waals surface area (Å²) in [5.41, 5.74) is 1.29. The van der Waals surface area contributed by atoms with Gasteiger partial charge in [0.1, 0.15) is 5.75 Å². The predicted molar refractivity (Wildman–Crippen MR) is 107 cm³/mol. The molecular formula is C21H23ClN2O3. The molecule has 0 heterocycles. The van der Waals surface area contributed by atoms with Crippen molar-refractivity contribution in [1.82, 2.24) is 0 Å². The lowest BCUT2D eigenvalue weighted by atomic mass is 9.88. The highest BCUT2D eigenvalue weighted by atomic mass is 35.5. The Bertz CT molecular complexity index is 786. The van der Waals surface area contributed by atoms with Crippen LogP contribution in [0.4, 0.5) is 11.4 Å². The quantitative estimate of drug-likeness (QED) is 0.743. The van der Waals surface area contributed by atoms with Crippen LogP contribution in [0, 0.1) is 5.92 Å². The fourth-order valence-electron chi connectivity index (χ4n) is 3.16. The number of amides is 2. The molecule has 0 bridgehead atoms. The van der Waals surface area contributed by atoms with Gasteiger partial charge in [-0.3, -0.25) is 9.59 Å². The maximum atomic E-state index is 12.4. The molecule has 1 fully saturated rings. The Labute approximate surface area is 164 Å². The normalized spacial score (nSPS) is 14.4. The molecule has 0 atom stereocenters. The van der Waals surface area contributed by atoms with Crippen LogP contribution in [0.15, 0.2) is 48.5 Å². The molecular weight excluding hydrogens is 364 g/mol. The Morgan fingerprint density at radius 2 is 1.63 bits per heavy atom. The van der Waals surface area contributed by atoms with Gasteiger partial charge in [-0.25, -0.2) is 0 Å². The number of carbonyl (C=O) groups is 2. The van der Waals surface area contributed by atoms with Crippen molar-refractivity contribution in [2.45, 2.75) is 32.1 Å². The molecule has 5 nitrogen and oxygen atoms in total. The molecule has 27 heavy (non-hydrogen) atoms. The van der Waals surface area contributed by atoms with Crippen LogP contribution in [-0.4, -0.2) is 18.4 Å². The second-order valence-electron chi connectivity index (χ2n) is 6.70. The van der Waals surface area contributed by atoms with Crippen LogP contribution in [0.1, 0.15) is 32.1 Å². The number of hydrogen-bond donors (Lipinski definition) is 2. The zero-order valence-electron chi connectivity index (χ0n) is 15.0.